The van der Waals surface area contributed by atoms with Gasteiger partial charge in [-0.25, -0.2) is 0 Å². The van der Waals surface area contributed by atoms with Crippen molar-refractivity contribution in [3.05, 3.63) is 77.9 Å². The van der Waals surface area contributed by atoms with E-state index in [0.717, 1.165) is 12.0 Å². The molecule has 3 rings (SSSR count). The second-order valence-electron chi connectivity index (χ2n) is 6.14. The highest BCUT2D eigenvalue weighted by Gasteiger charge is 2.23. The first kappa shape index (κ1) is 15.9. The number of aromatic hydroxyl groups is 2. The molecule has 0 radical (unpaired) electrons. The fourth-order valence-corrected chi connectivity index (χ4v) is 2.76. The van der Waals surface area contributed by atoms with Gasteiger partial charge in [-0.3, -0.25) is 4.79 Å². The number of rotatable bonds is 3. The first-order valence-electron chi connectivity index (χ1n) is 7.76. The van der Waals surface area contributed by atoms with E-state index in [9.17, 15) is 15.0 Å². The maximum absolute atomic E-state index is 12.3. The summed E-state index contributed by atoms with van der Waals surface area (Å²) in [4.78, 5) is 12.3. The number of carbonyl (C=O) groups is 1. The molecule has 1 aliphatic carbocycles. The van der Waals surface area contributed by atoms with E-state index < -0.39 is 0 Å². The molecule has 0 heterocycles. The molecule has 0 bridgehead atoms. The minimum Gasteiger partial charge on any atom is -0.508 e. The summed E-state index contributed by atoms with van der Waals surface area (Å²) in [7, 11) is 0. The second-order valence-corrected chi connectivity index (χ2v) is 6.14. The molecule has 1 amide bonds. The van der Waals surface area contributed by atoms with E-state index in [0.29, 0.717) is 5.56 Å². The number of allylic oxidation sites excluding steroid dienone is 4. The monoisotopic (exact) mass is 321 g/mol. The number of anilines is 1. The predicted molar refractivity (Wildman–Crippen MR) is 94.4 cm³/mol. The lowest BCUT2D eigenvalue weighted by atomic mass is 9.77. The second kappa shape index (κ2) is 6.24. The van der Waals surface area contributed by atoms with Crippen molar-refractivity contribution in [2.75, 3.05) is 5.32 Å². The van der Waals surface area contributed by atoms with Gasteiger partial charge < -0.3 is 15.5 Å². The number of carbonyl (C=O) groups excluding carboxylic acids is 1. The molecule has 1 aliphatic rings. The van der Waals surface area contributed by atoms with Crippen LogP contribution in [0.25, 0.3) is 0 Å². The van der Waals surface area contributed by atoms with Crippen LogP contribution in [0, 0.1) is 0 Å². The molecule has 24 heavy (non-hydrogen) atoms. The zero-order valence-corrected chi connectivity index (χ0v) is 13.4. The van der Waals surface area contributed by atoms with Gasteiger partial charge in [0.1, 0.15) is 11.5 Å². The minimum atomic E-state index is -0.313. The third kappa shape index (κ3) is 3.18. The molecule has 0 saturated carbocycles. The molecule has 1 unspecified atom stereocenters. The third-order valence-corrected chi connectivity index (χ3v) is 4.29. The van der Waals surface area contributed by atoms with Crippen LogP contribution < -0.4 is 5.32 Å². The summed E-state index contributed by atoms with van der Waals surface area (Å²) < 4.78 is 0. The summed E-state index contributed by atoms with van der Waals surface area (Å²) in [6, 6.07) is 11.5. The molecule has 2 aromatic carbocycles. The summed E-state index contributed by atoms with van der Waals surface area (Å²) in [6.07, 6.45) is 9.30. The Morgan fingerprint density at radius 3 is 2.46 bits per heavy atom. The molecule has 0 fully saturated rings. The van der Waals surface area contributed by atoms with E-state index in [4.69, 9.17) is 0 Å². The summed E-state index contributed by atoms with van der Waals surface area (Å²) in [6.45, 7) is 2.16. The summed E-state index contributed by atoms with van der Waals surface area (Å²) in [5.41, 5.74) is 1.85. The lowest BCUT2D eigenvalue weighted by molar-refractivity contribution is 0.102. The van der Waals surface area contributed by atoms with Crippen LogP contribution in [-0.4, -0.2) is 16.1 Å². The number of phenols is 2. The molecular formula is C20H19NO3. The van der Waals surface area contributed by atoms with Crippen LogP contribution in [0.4, 0.5) is 5.69 Å². The Balaban J connectivity index is 1.77. The van der Waals surface area contributed by atoms with Gasteiger partial charge in [-0.15, -0.1) is 0 Å². The minimum absolute atomic E-state index is 0.0566. The first-order chi connectivity index (χ1) is 11.5. The van der Waals surface area contributed by atoms with Crippen molar-refractivity contribution in [2.24, 2.45) is 0 Å². The van der Waals surface area contributed by atoms with Crippen LogP contribution in [-0.2, 0) is 5.41 Å². The number of amides is 1. The average Bonchev–Trinajstić information content (AvgIpc) is 2.58. The predicted octanol–water partition coefficient (Wildman–Crippen LogP) is 4.12. The number of phenolic OH excluding ortho intramolecular Hbond substituents is 2. The highest BCUT2D eigenvalue weighted by molar-refractivity contribution is 6.05. The summed E-state index contributed by atoms with van der Waals surface area (Å²) >= 11 is 0. The van der Waals surface area contributed by atoms with Gasteiger partial charge in [-0.05, 0) is 36.2 Å². The van der Waals surface area contributed by atoms with E-state index in [2.05, 4.69) is 24.4 Å². The molecular weight excluding hydrogens is 302 g/mol. The molecule has 3 N–H and O–H groups in total. The normalized spacial score (nSPS) is 19.2. The molecule has 2 aromatic rings. The highest BCUT2D eigenvalue weighted by Crippen LogP contribution is 2.32. The fraction of sp³-hybridized carbons (Fsp3) is 0.150. The maximum Gasteiger partial charge on any atom is 0.255 e. The van der Waals surface area contributed by atoms with Gasteiger partial charge in [0.05, 0.1) is 5.69 Å². The maximum atomic E-state index is 12.3. The quantitative estimate of drug-likeness (QED) is 0.588. The molecule has 0 aliphatic heterocycles. The van der Waals surface area contributed by atoms with Crippen LogP contribution in [0.15, 0.2) is 66.8 Å². The smallest absolute Gasteiger partial charge is 0.255 e. The van der Waals surface area contributed by atoms with E-state index in [1.165, 1.54) is 18.2 Å². The summed E-state index contributed by atoms with van der Waals surface area (Å²) in [5, 5.41) is 21.7. The van der Waals surface area contributed by atoms with E-state index in [1.54, 1.807) is 12.1 Å². The standard InChI is InChI=1S/C20H19NO3/c1-20(11-3-2-4-12-20)15-7-5-14(6-8-15)19(24)21-17-10-9-16(22)13-18(17)23/h2-11,13,22-23H,12H2,1H3,(H,21,24). The van der Waals surface area contributed by atoms with Gasteiger partial charge in [-0.1, -0.05) is 43.4 Å². The SMILES string of the molecule is CC1(c2ccc(C(=O)Nc3ccc(O)cc3O)cc2)C=CC=CC1. The Bertz CT molecular complexity index is 821. The van der Waals surface area contributed by atoms with Crippen molar-refractivity contribution in [3.63, 3.8) is 0 Å². The number of hydrogen-bond donors (Lipinski definition) is 3. The van der Waals surface area contributed by atoms with Gasteiger partial charge in [0.25, 0.3) is 5.91 Å². The number of benzene rings is 2. The van der Waals surface area contributed by atoms with Gasteiger partial charge >= 0.3 is 0 Å². The summed E-state index contributed by atoms with van der Waals surface area (Å²) in [5.74, 6) is -0.545. The van der Waals surface area contributed by atoms with E-state index in [1.807, 2.05) is 24.3 Å². The van der Waals surface area contributed by atoms with Gasteiger partial charge in [0, 0.05) is 17.0 Å². The van der Waals surface area contributed by atoms with Gasteiger partial charge in [0.2, 0.25) is 0 Å². The Morgan fingerprint density at radius 1 is 1.08 bits per heavy atom. The van der Waals surface area contributed by atoms with Gasteiger partial charge in [-0.2, -0.15) is 0 Å². The van der Waals surface area contributed by atoms with Crippen LogP contribution in [0.1, 0.15) is 29.3 Å². The molecule has 0 saturated heterocycles. The van der Waals surface area contributed by atoms with Crippen molar-refractivity contribution in [3.8, 4) is 11.5 Å². The fourth-order valence-electron chi connectivity index (χ4n) is 2.76. The molecule has 1 atom stereocenters. The molecule has 0 aromatic heterocycles. The number of nitrogens with one attached hydrogen (secondary N) is 1. The Hall–Kier alpha value is -3.01. The highest BCUT2D eigenvalue weighted by atomic mass is 16.3. The topological polar surface area (TPSA) is 69.6 Å². The van der Waals surface area contributed by atoms with E-state index in [-0.39, 0.29) is 28.5 Å². The van der Waals surface area contributed by atoms with Crippen molar-refractivity contribution in [2.45, 2.75) is 18.8 Å². The first-order valence-corrected chi connectivity index (χ1v) is 7.76. The van der Waals surface area contributed by atoms with Crippen LogP contribution in [0.5, 0.6) is 11.5 Å². The van der Waals surface area contributed by atoms with Crippen molar-refractivity contribution in [1.29, 1.82) is 0 Å². The molecule has 4 nitrogen and oxygen atoms in total. The Labute approximate surface area is 140 Å². The molecule has 0 spiro atoms. The third-order valence-electron chi connectivity index (χ3n) is 4.29. The van der Waals surface area contributed by atoms with Gasteiger partial charge in [0.15, 0.2) is 0 Å². The van der Waals surface area contributed by atoms with Crippen LogP contribution in [0.3, 0.4) is 0 Å². The zero-order valence-electron chi connectivity index (χ0n) is 13.4. The lowest BCUT2D eigenvalue weighted by Crippen LogP contribution is -2.20. The zero-order chi connectivity index (χ0) is 17.2. The van der Waals surface area contributed by atoms with Crippen LogP contribution >= 0.6 is 0 Å². The molecule has 4 heteroatoms. The van der Waals surface area contributed by atoms with Crippen molar-refractivity contribution in [1.82, 2.24) is 0 Å². The Morgan fingerprint density at radius 2 is 1.83 bits per heavy atom. The van der Waals surface area contributed by atoms with Crippen molar-refractivity contribution >= 4 is 11.6 Å². The van der Waals surface area contributed by atoms with Crippen LogP contribution in [0.2, 0.25) is 0 Å². The lowest BCUT2D eigenvalue weighted by Gasteiger charge is -2.27. The largest absolute Gasteiger partial charge is 0.508 e. The molecule has 122 valence electrons. The number of hydrogen-bond acceptors (Lipinski definition) is 3. The average molecular weight is 321 g/mol. The Kier molecular flexibility index (Phi) is 4.13. The van der Waals surface area contributed by atoms with Crippen molar-refractivity contribution < 1.29 is 15.0 Å². The van der Waals surface area contributed by atoms with E-state index >= 15 is 0 Å².